The number of hydrogen-bond acceptors (Lipinski definition) is 1. The van der Waals surface area contributed by atoms with E-state index in [4.69, 9.17) is 0 Å². The molecule has 0 aliphatic rings. The first-order chi connectivity index (χ1) is 6.20. The molecule has 0 saturated carbocycles. The Hall–Kier alpha value is -0.396. The van der Waals surface area contributed by atoms with Gasteiger partial charge in [0, 0.05) is 32.7 Å². The van der Waals surface area contributed by atoms with E-state index in [0.717, 1.165) is 16.3 Å². The van der Waals surface area contributed by atoms with Crippen LogP contribution in [0.25, 0.3) is 10.8 Å². The van der Waals surface area contributed by atoms with Crippen molar-refractivity contribution < 1.29 is 32.7 Å². The number of benzene rings is 2. The van der Waals surface area contributed by atoms with Gasteiger partial charge >= 0.3 is 0 Å². The van der Waals surface area contributed by atoms with Crippen LogP contribution in [0.15, 0.2) is 35.1 Å². The molecule has 2 heteroatoms. The van der Waals surface area contributed by atoms with Crippen molar-refractivity contribution in [2.75, 3.05) is 0 Å². The Kier molecular flexibility index (Phi) is 3.68. The van der Waals surface area contributed by atoms with E-state index in [-0.39, 0.29) is 38.1 Å². The summed E-state index contributed by atoms with van der Waals surface area (Å²) < 4.78 is 0. The first kappa shape index (κ1) is 11.7. The van der Waals surface area contributed by atoms with E-state index in [1.165, 1.54) is 5.56 Å². The van der Waals surface area contributed by atoms with Crippen molar-refractivity contribution in [3.8, 4) is 0 Å². The second-order valence-electron chi connectivity index (χ2n) is 3.39. The molecule has 0 atom stereocenters. The summed E-state index contributed by atoms with van der Waals surface area (Å²) in [6.45, 7) is 3.90. The summed E-state index contributed by atoms with van der Waals surface area (Å²) in [6.07, 6.45) is 0. The molecule has 0 bridgehead atoms. The van der Waals surface area contributed by atoms with Gasteiger partial charge in [0.1, 0.15) is 5.43 Å². The van der Waals surface area contributed by atoms with Gasteiger partial charge in [-0.2, -0.15) is 0 Å². The molecule has 0 fully saturated rings. The Labute approximate surface area is 108 Å². The molecule has 0 unspecified atom stereocenters. The van der Waals surface area contributed by atoms with E-state index < -0.39 is 0 Å². The average Bonchev–Trinajstić information content (AvgIpc) is 2.15. The third-order valence-electron chi connectivity index (χ3n) is 2.39. The van der Waals surface area contributed by atoms with Gasteiger partial charge in [0.05, 0.1) is 0 Å². The Morgan fingerprint density at radius 2 is 1.86 bits per heavy atom. The molecule has 69 valence electrons. The second-order valence-corrected chi connectivity index (χ2v) is 3.39. The molecule has 1 radical (unpaired) electrons. The predicted molar refractivity (Wildman–Crippen MR) is 55.3 cm³/mol. The normalized spacial score (nSPS) is 9.86. The first-order valence-corrected chi connectivity index (χ1v) is 4.36. The van der Waals surface area contributed by atoms with Crippen LogP contribution in [0.4, 0.5) is 0 Å². The van der Waals surface area contributed by atoms with Crippen LogP contribution in [0.1, 0.15) is 11.1 Å². The summed E-state index contributed by atoms with van der Waals surface area (Å²) in [4.78, 5) is 11.7. The summed E-state index contributed by atoms with van der Waals surface area (Å²) in [5.41, 5.74) is 2.16. The van der Waals surface area contributed by atoms with Crippen LogP contribution in [-0.2, 0) is 32.7 Å². The molecular weight excluding hydrogens is 249 g/mol. The standard InChI is InChI=1S/C12H11O.Y/c1-8-7-9(2)12(13)11-6-4-3-5-10(8)11;/h3-7H,1-2H3;/q-1;. The fourth-order valence-corrected chi connectivity index (χ4v) is 1.71. The van der Waals surface area contributed by atoms with Crippen LogP contribution in [-0.4, -0.2) is 0 Å². The Morgan fingerprint density at radius 3 is 2.57 bits per heavy atom. The molecule has 14 heavy (non-hydrogen) atoms. The van der Waals surface area contributed by atoms with E-state index in [1.807, 2.05) is 44.2 Å². The number of aryl methyl sites for hydroxylation is 2. The Balaban J connectivity index is 0.000000980. The quantitative estimate of drug-likeness (QED) is 0.665. The van der Waals surface area contributed by atoms with Crippen LogP contribution >= 0.6 is 0 Å². The molecule has 0 heterocycles. The topological polar surface area (TPSA) is 17.1 Å². The van der Waals surface area contributed by atoms with Gasteiger partial charge in [-0.15, -0.1) is 29.1 Å². The van der Waals surface area contributed by atoms with Crippen LogP contribution < -0.4 is 5.43 Å². The maximum atomic E-state index is 11.7. The van der Waals surface area contributed by atoms with Crippen molar-refractivity contribution in [1.29, 1.82) is 0 Å². The minimum absolute atomic E-state index is 0. The van der Waals surface area contributed by atoms with Gasteiger partial charge in [-0.1, -0.05) is 36.9 Å². The smallest absolute Gasteiger partial charge is 0.108 e. The molecule has 0 aliphatic heterocycles. The van der Waals surface area contributed by atoms with Crippen LogP contribution in [0.5, 0.6) is 0 Å². The summed E-state index contributed by atoms with van der Waals surface area (Å²) in [5.74, 6) is 0. The van der Waals surface area contributed by atoms with Crippen molar-refractivity contribution in [2.45, 2.75) is 13.8 Å². The van der Waals surface area contributed by atoms with E-state index >= 15 is 0 Å². The summed E-state index contributed by atoms with van der Waals surface area (Å²) >= 11 is 0. The van der Waals surface area contributed by atoms with E-state index in [0.29, 0.717) is 0 Å². The monoisotopic (exact) mass is 260 g/mol. The Morgan fingerprint density at radius 1 is 1.21 bits per heavy atom. The molecule has 0 N–H and O–H groups in total. The van der Waals surface area contributed by atoms with Gasteiger partial charge in [0.25, 0.3) is 0 Å². The zero-order valence-corrected chi connectivity index (χ0v) is 11.2. The SMILES string of the molecule is Cc1c[c-](C)c2ccccc2c1=O.[Y]. The summed E-state index contributed by atoms with van der Waals surface area (Å²) in [5, 5.41) is 1.90. The molecule has 0 aliphatic carbocycles. The maximum absolute atomic E-state index is 11.7. The van der Waals surface area contributed by atoms with E-state index in [1.54, 1.807) is 0 Å². The van der Waals surface area contributed by atoms with Gasteiger partial charge in [-0.05, 0) is 0 Å². The van der Waals surface area contributed by atoms with E-state index in [9.17, 15) is 4.79 Å². The van der Waals surface area contributed by atoms with Crippen molar-refractivity contribution in [3.63, 3.8) is 0 Å². The molecule has 0 aromatic heterocycles. The van der Waals surface area contributed by atoms with Gasteiger partial charge in [0.15, 0.2) is 0 Å². The van der Waals surface area contributed by atoms with Crippen molar-refractivity contribution in [3.05, 3.63) is 51.7 Å². The molecule has 2 rings (SSSR count). The van der Waals surface area contributed by atoms with Gasteiger partial charge in [0.2, 0.25) is 0 Å². The number of hydrogen-bond donors (Lipinski definition) is 0. The van der Waals surface area contributed by atoms with Gasteiger partial charge < -0.3 is 4.79 Å². The molecular formula is C12H11OY-. The minimum Gasteiger partial charge on any atom is -0.311 e. The summed E-state index contributed by atoms with van der Waals surface area (Å²) in [6, 6.07) is 9.70. The molecule has 0 saturated heterocycles. The third-order valence-corrected chi connectivity index (χ3v) is 2.39. The average molecular weight is 260 g/mol. The largest absolute Gasteiger partial charge is 0.311 e. The predicted octanol–water partition coefficient (Wildman–Crippen LogP) is 2.53. The minimum atomic E-state index is 0. The summed E-state index contributed by atoms with van der Waals surface area (Å²) in [7, 11) is 0. The fraction of sp³-hybridized carbons (Fsp3) is 0.167. The van der Waals surface area contributed by atoms with Crippen molar-refractivity contribution >= 4 is 10.8 Å². The zero-order chi connectivity index (χ0) is 9.42. The van der Waals surface area contributed by atoms with Crippen LogP contribution in [0.3, 0.4) is 0 Å². The maximum Gasteiger partial charge on any atom is 0.108 e. The molecule has 2 aromatic rings. The van der Waals surface area contributed by atoms with Crippen molar-refractivity contribution in [1.82, 2.24) is 0 Å². The van der Waals surface area contributed by atoms with E-state index in [2.05, 4.69) is 0 Å². The molecule has 2 aromatic carbocycles. The molecule has 1 nitrogen and oxygen atoms in total. The first-order valence-electron chi connectivity index (χ1n) is 4.36. The molecule has 0 amide bonds. The zero-order valence-electron chi connectivity index (χ0n) is 8.37. The van der Waals surface area contributed by atoms with Gasteiger partial charge in [-0.3, -0.25) is 0 Å². The number of rotatable bonds is 0. The van der Waals surface area contributed by atoms with Crippen molar-refractivity contribution in [2.24, 2.45) is 0 Å². The Bertz CT molecular complexity index is 511. The number of fused-ring (bicyclic) bond motifs is 1. The third kappa shape index (κ3) is 1.84. The fourth-order valence-electron chi connectivity index (χ4n) is 1.71. The second kappa shape index (κ2) is 4.42. The van der Waals surface area contributed by atoms with Crippen LogP contribution in [0.2, 0.25) is 0 Å². The van der Waals surface area contributed by atoms with Crippen LogP contribution in [0, 0.1) is 13.8 Å². The molecule has 0 spiro atoms. The van der Waals surface area contributed by atoms with Gasteiger partial charge in [-0.25, -0.2) is 0 Å².